The molecule has 0 aliphatic rings. The van der Waals surface area contributed by atoms with Crippen molar-refractivity contribution in [3.63, 3.8) is 0 Å². The highest BCUT2D eigenvalue weighted by Gasteiger charge is 2.23. The van der Waals surface area contributed by atoms with Gasteiger partial charge in [-0.2, -0.15) is 0 Å². The van der Waals surface area contributed by atoms with Crippen LogP contribution in [0.1, 0.15) is 32.4 Å². The molecule has 3 N–H and O–H groups in total. The third kappa shape index (κ3) is 4.82. The molecule has 0 saturated carbocycles. The second-order valence-corrected chi connectivity index (χ2v) is 5.25. The summed E-state index contributed by atoms with van der Waals surface area (Å²) in [4.78, 5) is 0. The van der Waals surface area contributed by atoms with E-state index in [4.69, 9.17) is 4.74 Å². The Bertz CT molecular complexity index is 362. The van der Waals surface area contributed by atoms with Gasteiger partial charge in [-0.1, -0.05) is 26.0 Å². The Morgan fingerprint density at radius 2 is 1.68 bits per heavy atom. The lowest BCUT2D eigenvalue weighted by Gasteiger charge is -2.28. The van der Waals surface area contributed by atoms with Gasteiger partial charge in [0.05, 0.1) is 19.3 Å². The largest absolute Gasteiger partial charge is 0.497 e. The Morgan fingerprint density at radius 3 is 2.11 bits per heavy atom. The number of hydrogen-bond donors (Lipinski definition) is 3. The maximum Gasteiger partial charge on any atom is 0.118 e. The minimum Gasteiger partial charge on any atom is -0.497 e. The topological polar surface area (TPSA) is 61.7 Å². The Morgan fingerprint density at radius 1 is 1.11 bits per heavy atom. The molecule has 0 aromatic heterocycles. The van der Waals surface area contributed by atoms with Crippen LogP contribution in [-0.4, -0.2) is 36.0 Å². The number of nitrogens with one attached hydrogen (secondary N) is 1. The summed E-state index contributed by atoms with van der Waals surface area (Å²) in [5.74, 6) is 1.03. The fraction of sp³-hybridized carbons (Fsp3) is 0.600. The minimum absolute atomic E-state index is 0.0944. The molecule has 0 bridgehead atoms. The average molecular weight is 267 g/mol. The van der Waals surface area contributed by atoms with Crippen LogP contribution >= 0.6 is 0 Å². The van der Waals surface area contributed by atoms with Gasteiger partial charge in [-0.3, -0.25) is 0 Å². The maximum absolute atomic E-state index is 10.4. The van der Waals surface area contributed by atoms with Gasteiger partial charge in [0.25, 0.3) is 0 Å². The number of rotatable bonds is 7. The zero-order valence-corrected chi connectivity index (χ0v) is 12.1. The molecule has 0 fully saturated rings. The lowest BCUT2D eigenvalue weighted by molar-refractivity contribution is 0.0930. The minimum atomic E-state index is -0.607. The quantitative estimate of drug-likeness (QED) is 0.704. The van der Waals surface area contributed by atoms with E-state index in [1.807, 2.05) is 38.1 Å². The van der Waals surface area contributed by atoms with Crippen molar-refractivity contribution in [3.8, 4) is 5.75 Å². The van der Waals surface area contributed by atoms with Crippen LogP contribution in [0.25, 0.3) is 0 Å². The molecule has 0 radical (unpaired) electrons. The highest BCUT2D eigenvalue weighted by molar-refractivity contribution is 5.29. The Balaban J connectivity index is 2.76. The van der Waals surface area contributed by atoms with Gasteiger partial charge in [-0.15, -0.1) is 0 Å². The molecular formula is C15H25NO3. The molecule has 108 valence electrons. The highest BCUT2D eigenvalue weighted by Crippen LogP contribution is 2.23. The molecule has 0 spiro atoms. The van der Waals surface area contributed by atoms with Crippen LogP contribution in [0.2, 0.25) is 0 Å². The van der Waals surface area contributed by atoms with Gasteiger partial charge in [-0.05, 0) is 30.5 Å². The fourth-order valence-corrected chi connectivity index (χ4v) is 2.03. The summed E-state index contributed by atoms with van der Waals surface area (Å²) in [5, 5.41) is 23.0. The van der Waals surface area contributed by atoms with Crippen molar-refractivity contribution in [3.05, 3.63) is 29.8 Å². The normalized spacial score (nSPS) is 16.2. The first kappa shape index (κ1) is 16.0. The first-order valence-corrected chi connectivity index (χ1v) is 6.69. The van der Waals surface area contributed by atoms with E-state index in [2.05, 4.69) is 5.32 Å². The first-order valence-electron chi connectivity index (χ1n) is 6.69. The summed E-state index contributed by atoms with van der Waals surface area (Å²) in [7, 11) is 1.62. The number of aliphatic hydroxyl groups excluding tert-OH is 2. The van der Waals surface area contributed by atoms with Gasteiger partial charge in [0.2, 0.25) is 0 Å². The third-order valence-electron chi connectivity index (χ3n) is 3.16. The van der Waals surface area contributed by atoms with Crippen LogP contribution in [-0.2, 0) is 0 Å². The summed E-state index contributed by atoms with van der Waals surface area (Å²) in [6, 6.07) is 7.31. The molecule has 4 heteroatoms. The molecule has 0 aliphatic heterocycles. The number of hydrogen-bond acceptors (Lipinski definition) is 4. The van der Waals surface area contributed by atoms with E-state index in [1.165, 1.54) is 0 Å². The predicted octanol–water partition coefficient (Wildman–Crippen LogP) is 1.72. The third-order valence-corrected chi connectivity index (χ3v) is 3.16. The Kier molecular flexibility index (Phi) is 6.28. The van der Waals surface area contributed by atoms with Gasteiger partial charge in [0.1, 0.15) is 5.75 Å². The first-order chi connectivity index (χ1) is 8.95. The number of ether oxygens (including phenoxy) is 1. The lowest BCUT2D eigenvalue weighted by atomic mass is 9.93. The molecule has 0 saturated heterocycles. The summed E-state index contributed by atoms with van der Waals surface area (Å²) < 4.78 is 5.11. The summed E-state index contributed by atoms with van der Waals surface area (Å²) in [6.07, 6.45) is -1.03. The van der Waals surface area contributed by atoms with Gasteiger partial charge >= 0.3 is 0 Å². The molecule has 3 atom stereocenters. The number of aliphatic hydroxyl groups is 2. The van der Waals surface area contributed by atoms with Crippen molar-refractivity contribution in [2.24, 2.45) is 5.92 Å². The SMILES string of the molecule is COc1ccc(C(O)C(NCC(C)O)C(C)C)cc1. The standard InChI is InChI=1S/C15H25NO3/c1-10(2)14(16-9-11(3)17)15(18)12-5-7-13(19-4)8-6-12/h5-8,10-11,14-18H,9H2,1-4H3. The van der Waals surface area contributed by atoms with Crippen molar-refractivity contribution in [2.45, 2.75) is 39.0 Å². The van der Waals surface area contributed by atoms with Crippen molar-refractivity contribution in [1.29, 1.82) is 0 Å². The average Bonchev–Trinajstić information content (AvgIpc) is 2.38. The van der Waals surface area contributed by atoms with Gasteiger partial charge in [0, 0.05) is 12.6 Å². The van der Waals surface area contributed by atoms with Crippen LogP contribution in [0.15, 0.2) is 24.3 Å². The molecule has 19 heavy (non-hydrogen) atoms. The molecule has 1 aromatic carbocycles. The molecule has 0 heterocycles. The van der Waals surface area contributed by atoms with Crippen LogP contribution < -0.4 is 10.1 Å². The fourth-order valence-electron chi connectivity index (χ4n) is 2.03. The summed E-state index contributed by atoms with van der Waals surface area (Å²) in [6.45, 7) is 6.29. The zero-order chi connectivity index (χ0) is 14.4. The summed E-state index contributed by atoms with van der Waals surface area (Å²) >= 11 is 0. The summed E-state index contributed by atoms with van der Waals surface area (Å²) in [5.41, 5.74) is 0.845. The van der Waals surface area contributed by atoms with Gasteiger partial charge in [0.15, 0.2) is 0 Å². The van der Waals surface area contributed by atoms with Crippen molar-refractivity contribution < 1.29 is 14.9 Å². The van der Waals surface area contributed by atoms with Crippen LogP contribution in [0.3, 0.4) is 0 Å². The Hall–Kier alpha value is -1.10. The second-order valence-electron chi connectivity index (χ2n) is 5.25. The number of benzene rings is 1. The van der Waals surface area contributed by atoms with E-state index in [1.54, 1.807) is 14.0 Å². The van der Waals surface area contributed by atoms with Crippen molar-refractivity contribution in [2.75, 3.05) is 13.7 Å². The lowest BCUT2D eigenvalue weighted by Crippen LogP contribution is -2.42. The molecule has 4 nitrogen and oxygen atoms in total. The molecule has 0 aliphatic carbocycles. The zero-order valence-electron chi connectivity index (χ0n) is 12.1. The van der Waals surface area contributed by atoms with Crippen LogP contribution in [0.4, 0.5) is 0 Å². The molecule has 0 amide bonds. The van der Waals surface area contributed by atoms with E-state index >= 15 is 0 Å². The van der Waals surface area contributed by atoms with E-state index in [0.29, 0.717) is 6.54 Å². The molecule has 1 rings (SSSR count). The van der Waals surface area contributed by atoms with Crippen molar-refractivity contribution in [1.82, 2.24) is 5.32 Å². The monoisotopic (exact) mass is 267 g/mol. The van der Waals surface area contributed by atoms with E-state index in [-0.39, 0.29) is 12.0 Å². The van der Waals surface area contributed by atoms with Crippen LogP contribution in [0, 0.1) is 5.92 Å². The molecule has 1 aromatic rings. The van der Waals surface area contributed by atoms with Crippen LogP contribution in [0.5, 0.6) is 5.75 Å². The van der Waals surface area contributed by atoms with E-state index < -0.39 is 12.2 Å². The van der Waals surface area contributed by atoms with E-state index in [0.717, 1.165) is 11.3 Å². The predicted molar refractivity (Wildman–Crippen MR) is 76.3 cm³/mol. The van der Waals surface area contributed by atoms with Crippen molar-refractivity contribution >= 4 is 0 Å². The molecule has 3 unspecified atom stereocenters. The van der Waals surface area contributed by atoms with Gasteiger partial charge in [-0.25, -0.2) is 0 Å². The number of methoxy groups -OCH3 is 1. The Labute approximate surface area is 115 Å². The highest BCUT2D eigenvalue weighted by atomic mass is 16.5. The van der Waals surface area contributed by atoms with E-state index in [9.17, 15) is 10.2 Å². The maximum atomic E-state index is 10.4. The molecular weight excluding hydrogens is 242 g/mol. The smallest absolute Gasteiger partial charge is 0.118 e. The second kappa shape index (κ2) is 7.48. The van der Waals surface area contributed by atoms with Gasteiger partial charge < -0.3 is 20.3 Å².